The highest BCUT2D eigenvalue weighted by atomic mass is 32.1. The number of hydrogen-bond donors (Lipinski definition) is 0. The smallest absolute Gasteiger partial charge is 0.141 e. The maximum atomic E-state index is 12.1. The summed E-state index contributed by atoms with van der Waals surface area (Å²) in [7, 11) is 0. The van der Waals surface area contributed by atoms with E-state index in [1.165, 1.54) is 10.4 Å². The van der Waals surface area contributed by atoms with Gasteiger partial charge in [-0.05, 0) is 29.3 Å². The lowest BCUT2D eigenvalue weighted by atomic mass is 10.1. The first-order chi connectivity index (χ1) is 8.34. The van der Waals surface area contributed by atoms with E-state index in [1.807, 2.05) is 23.6 Å². The minimum Gasteiger partial charge on any atom is -0.299 e. The van der Waals surface area contributed by atoms with Crippen molar-refractivity contribution in [2.75, 3.05) is 0 Å². The largest absolute Gasteiger partial charge is 0.299 e. The first-order valence-corrected chi connectivity index (χ1v) is 6.82. The molecule has 17 heavy (non-hydrogen) atoms. The highest BCUT2D eigenvalue weighted by molar-refractivity contribution is 7.10. The van der Waals surface area contributed by atoms with E-state index in [1.54, 1.807) is 11.3 Å². The average Bonchev–Trinajstić information content (AvgIpc) is 3.02. The summed E-state index contributed by atoms with van der Waals surface area (Å²) in [6, 6.07) is 14.4. The van der Waals surface area contributed by atoms with Gasteiger partial charge in [0.2, 0.25) is 0 Å². The van der Waals surface area contributed by atoms with E-state index in [4.69, 9.17) is 0 Å². The number of ketones is 1. The van der Waals surface area contributed by atoms with Crippen LogP contribution in [0.5, 0.6) is 0 Å². The zero-order valence-corrected chi connectivity index (χ0v) is 10.3. The van der Waals surface area contributed by atoms with Gasteiger partial charge in [-0.2, -0.15) is 0 Å². The second-order valence-electron chi connectivity index (χ2n) is 4.58. The van der Waals surface area contributed by atoms with Crippen LogP contribution in [0.1, 0.15) is 22.8 Å². The predicted octanol–water partition coefficient (Wildman–Crippen LogP) is 3.66. The Hall–Kier alpha value is -1.41. The van der Waals surface area contributed by atoms with Crippen LogP contribution >= 0.6 is 11.3 Å². The molecule has 2 unspecified atom stereocenters. The van der Waals surface area contributed by atoms with Crippen LogP contribution in [0.15, 0.2) is 47.8 Å². The molecule has 0 saturated heterocycles. The fourth-order valence-corrected chi connectivity index (χ4v) is 3.05. The molecule has 0 N–H and O–H groups in total. The third kappa shape index (κ3) is 2.32. The Bertz CT molecular complexity index is 501. The van der Waals surface area contributed by atoms with Crippen LogP contribution in [-0.2, 0) is 11.2 Å². The van der Waals surface area contributed by atoms with Gasteiger partial charge in [-0.15, -0.1) is 11.3 Å². The molecule has 0 amide bonds. The third-order valence-corrected chi connectivity index (χ3v) is 4.24. The van der Waals surface area contributed by atoms with Crippen molar-refractivity contribution in [2.24, 2.45) is 5.92 Å². The standard InChI is InChI=1S/C15H14OS/c16-15(9-12-7-4-8-17-12)14-10-13(14)11-5-2-1-3-6-11/h1-8,13-14H,9-10H2. The molecule has 0 aliphatic heterocycles. The third-order valence-electron chi connectivity index (χ3n) is 3.36. The summed E-state index contributed by atoms with van der Waals surface area (Å²) in [5.74, 6) is 1.14. The van der Waals surface area contributed by atoms with Gasteiger partial charge in [0.15, 0.2) is 0 Å². The lowest BCUT2D eigenvalue weighted by molar-refractivity contribution is -0.119. The summed E-state index contributed by atoms with van der Waals surface area (Å²) in [6.45, 7) is 0. The molecule has 2 atom stereocenters. The second kappa shape index (κ2) is 4.46. The lowest BCUT2D eigenvalue weighted by Crippen LogP contribution is -2.05. The molecule has 0 bridgehead atoms. The molecule has 2 heteroatoms. The SMILES string of the molecule is O=C(Cc1cccs1)C1CC1c1ccccc1. The van der Waals surface area contributed by atoms with Gasteiger partial charge in [-0.3, -0.25) is 4.79 Å². The Labute approximate surface area is 105 Å². The molecular weight excluding hydrogens is 228 g/mol. The molecule has 0 spiro atoms. The van der Waals surface area contributed by atoms with E-state index in [9.17, 15) is 4.79 Å². The summed E-state index contributed by atoms with van der Waals surface area (Å²) in [6.07, 6.45) is 1.65. The van der Waals surface area contributed by atoms with Crippen LogP contribution in [0.2, 0.25) is 0 Å². The topological polar surface area (TPSA) is 17.1 Å². The number of benzene rings is 1. The first kappa shape index (κ1) is 10.7. The van der Waals surface area contributed by atoms with Crippen molar-refractivity contribution in [3.63, 3.8) is 0 Å². The Morgan fingerprint density at radius 3 is 2.71 bits per heavy atom. The molecule has 1 aromatic heterocycles. The van der Waals surface area contributed by atoms with Gasteiger partial charge in [0.25, 0.3) is 0 Å². The number of carbonyl (C=O) groups excluding carboxylic acids is 1. The molecule has 1 fully saturated rings. The van der Waals surface area contributed by atoms with Crippen molar-refractivity contribution in [3.8, 4) is 0 Å². The first-order valence-electron chi connectivity index (χ1n) is 5.94. The molecule has 1 heterocycles. The van der Waals surface area contributed by atoms with Gasteiger partial charge in [-0.1, -0.05) is 36.4 Å². The molecule has 3 rings (SSSR count). The van der Waals surface area contributed by atoms with E-state index in [0.717, 1.165) is 6.42 Å². The number of thiophene rings is 1. The Balaban J connectivity index is 1.63. The van der Waals surface area contributed by atoms with E-state index in [-0.39, 0.29) is 5.92 Å². The maximum Gasteiger partial charge on any atom is 0.141 e. The van der Waals surface area contributed by atoms with E-state index >= 15 is 0 Å². The fourth-order valence-electron chi connectivity index (χ4n) is 2.34. The molecule has 1 nitrogen and oxygen atoms in total. The molecule has 86 valence electrons. The van der Waals surface area contributed by atoms with Crippen LogP contribution in [0.3, 0.4) is 0 Å². The quantitative estimate of drug-likeness (QED) is 0.799. The van der Waals surface area contributed by atoms with Crippen molar-refractivity contribution in [2.45, 2.75) is 18.8 Å². The highest BCUT2D eigenvalue weighted by Crippen LogP contribution is 2.48. The predicted molar refractivity (Wildman–Crippen MR) is 70.3 cm³/mol. The molecule has 1 saturated carbocycles. The van der Waals surface area contributed by atoms with E-state index in [2.05, 4.69) is 24.3 Å². The minimum atomic E-state index is 0.263. The van der Waals surface area contributed by atoms with E-state index < -0.39 is 0 Å². The van der Waals surface area contributed by atoms with Crippen molar-refractivity contribution in [1.82, 2.24) is 0 Å². The Kier molecular flexibility index (Phi) is 2.81. The Morgan fingerprint density at radius 2 is 2.00 bits per heavy atom. The van der Waals surface area contributed by atoms with Gasteiger partial charge in [0, 0.05) is 17.2 Å². The van der Waals surface area contributed by atoms with Crippen molar-refractivity contribution in [3.05, 3.63) is 58.3 Å². The molecule has 1 aromatic carbocycles. The summed E-state index contributed by atoms with van der Waals surface area (Å²) in [5, 5.41) is 2.03. The minimum absolute atomic E-state index is 0.263. The molecular formula is C15H14OS. The van der Waals surface area contributed by atoms with Gasteiger partial charge in [-0.25, -0.2) is 0 Å². The van der Waals surface area contributed by atoms with Gasteiger partial charge in [0.1, 0.15) is 5.78 Å². The average molecular weight is 242 g/mol. The van der Waals surface area contributed by atoms with Gasteiger partial charge < -0.3 is 0 Å². The monoisotopic (exact) mass is 242 g/mol. The molecule has 1 aliphatic carbocycles. The van der Waals surface area contributed by atoms with Gasteiger partial charge >= 0.3 is 0 Å². The van der Waals surface area contributed by atoms with Crippen LogP contribution in [0.25, 0.3) is 0 Å². The van der Waals surface area contributed by atoms with Gasteiger partial charge in [0.05, 0.1) is 0 Å². The number of carbonyl (C=O) groups is 1. The van der Waals surface area contributed by atoms with Crippen molar-refractivity contribution in [1.29, 1.82) is 0 Å². The summed E-state index contributed by atoms with van der Waals surface area (Å²) < 4.78 is 0. The Morgan fingerprint density at radius 1 is 1.18 bits per heavy atom. The van der Waals surface area contributed by atoms with Crippen LogP contribution in [0.4, 0.5) is 0 Å². The lowest BCUT2D eigenvalue weighted by Gasteiger charge is -1.99. The van der Waals surface area contributed by atoms with Crippen molar-refractivity contribution >= 4 is 17.1 Å². The summed E-state index contributed by atoms with van der Waals surface area (Å²) in [4.78, 5) is 13.3. The van der Waals surface area contributed by atoms with E-state index in [0.29, 0.717) is 18.1 Å². The summed E-state index contributed by atoms with van der Waals surface area (Å²) in [5.41, 5.74) is 1.32. The number of rotatable bonds is 4. The summed E-state index contributed by atoms with van der Waals surface area (Å²) >= 11 is 1.67. The van der Waals surface area contributed by atoms with Crippen LogP contribution in [0, 0.1) is 5.92 Å². The van der Waals surface area contributed by atoms with Crippen LogP contribution < -0.4 is 0 Å². The van der Waals surface area contributed by atoms with Crippen LogP contribution in [-0.4, -0.2) is 5.78 Å². The zero-order valence-electron chi connectivity index (χ0n) is 9.50. The molecule has 2 aromatic rings. The molecule has 1 aliphatic rings. The fraction of sp³-hybridized carbons (Fsp3) is 0.267. The molecule has 0 radical (unpaired) electrons. The zero-order chi connectivity index (χ0) is 11.7. The number of hydrogen-bond acceptors (Lipinski definition) is 2. The highest BCUT2D eigenvalue weighted by Gasteiger charge is 2.43. The second-order valence-corrected chi connectivity index (χ2v) is 5.61. The van der Waals surface area contributed by atoms with Crippen molar-refractivity contribution < 1.29 is 4.79 Å². The number of Topliss-reactive ketones (excluding diaryl/α,β-unsaturated/α-hetero) is 1. The normalized spacial score (nSPS) is 22.4. The maximum absolute atomic E-state index is 12.1.